The fraction of sp³-hybridized carbons (Fsp3) is 0.556. The van der Waals surface area contributed by atoms with Crippen molar-refractivity contribution in [1.82, 2.24) is 9.97 Å². The van der Waals surface area contributed by atoms with E-state index in [1.165, 1.54) is 17.8 Å². The summed E-state index contributed by atoms with van der Waals surface area (Å²) in [7, 11) is 0. The van der Waals surface area contributed by atoms with Crippen LogP contribution in [-0.4, -0.2) is 28.3 Å². The van der Waals surface area contributed by atoms with Crippen molar-refractivity contribution >= 4 is 23.4 Å². The predicted molar refractivity (Wildman–Crippen MR) is 57.4 cm³/mol. The summed E-state index contributed by atoms with van der Waals surface area (Å²) in [6.45, 7) is 0. The van der Waals surface area contributed by atoms with Gasteiger partial charge in [-0.2, -0.15) is 4.98 Å². The number of hydrogen-bond acceptors (Lipinski definition) is 4. The summed E-state index contributed by atoms with van der Waals surface area (Å²) >= 11 is 7.05. The number of thioether (sulfide) groups is 1. The molecule has 1 aromatic heterocycles. The minimum Gasteiger partial charge on any atom is -0.474 e. The Balaban J connectivity index is 2.02. The van der Waals surface area contributed by atoms with Gasteiger partial charge in [0.15, 0.2) is 5.16 Å². The minimum absolute atomic E-state index is 0.250. The van der Waals surface area contributed by atoms with E-state index < -0.39 is 12.0 Å². The molecular weight excluding hydrogens is 258 g/mol. The summed E-state index contributed by atoms with van der Waals surface area (Å²) < 4.78 is 30.4. The summed E-state index contributed by atoms with van der Waals surface area (Å²) in [6, 6.07) is 1.43. The summed E-state index contributed by atoms with van der Waals surface area (Å²) in [4.78, 5) is 7.94. The van der Waals surface area contributed by atoms with Gasteiger partial charge >= 0.3 is 0 Å². The van der Waals surface area contributed by atoms with Gasteiger partial charge in [0.2, 0.25) is 5.88 Å². The number of alkyl halides is 2. The van der Waals surface area contributed by atoms with Crippen molar-refractivity contribution in [2.24, 2.45) is 0 Å². The lowest BCUT2D eigenvalue weighted by molar-refractivity contribution is -0.135. The molecule has 1 aromatic rings. The van der Waals surface area contributed by atoms with Crippen LogP contribution in [0.15, 0.2) is 11.2 Å². The van der Waals surface area contributed by atoms with Crippen LogP contribution in [0.25, 0.3) is 0 Å². The summed E-state index contributed by atoms with van der Waals surface area (Å²) in [6.07, 6.45) is 0.801. The minimum atomic E-state index is -2.59. The van der Waals surface area contributed by atoms with Gasteiger partial charge in [-0.3, -0.25) is 0 Å². The number of ether oxygens (including phenoxy) is 1. The van der Waals surface area contributed by atoms with E-state index in [4.69, 9.17) is 16.3 Å². The summed E-state index contributed by atoms with van der Waals surface area (Å²) in [5.74, 6) is -2.34. The lowest BCUT2D eigenvalue weighted by atomic mass is 9.91. The van der Waals surface area contributed by atoms with Crippen LogP contribution in [0, 0.1) is 0 Å². The molecule has 3 nitrogen and oxygen atoms in total. The third-order valence-corrected chi connectivity index (χ3v) is 2.91. The molecule has 0 bridgehead atoms. The molecule has 1 fully saturated rings. The van der Waals surface area contributed by atoms with Gasteiger partial charge in [-0.05, 0) is 6.26 Å². The first kappa shape index (κ1) is 11.9. The number of hydrogen-bond donors (Lipinski definition) is 0. The fourth-order valence-corrected chi connectivity index (χ4v) is 1.98. The molecule has 0 N–H and O–H groups in total. The van der Waals surface area contributed by atoms with Gasteiger partial charge in [-0.25, -0.2) is 13.8 Å². The van der Waals surface area contributed by atoms with E-state index in [2.05, 4.69) is 9.97 Å². The van der Waals surface area contributed by atoms with Crippen molar-refractivity contribution < 1.29 is 13.5 Å². The van der Waals surface area contributed by atoms with Gasteiger partial charge in [0.05, 0.1) is 0 Å². The second-order valence-corrected chi connectivity index (χ2v) is 4.68. The van der Waals surface area contributed by atoms with E-state index in [-0.39, 0.29) is 23.9 Å². The van der Waals surface area contributed by atoms with Gasteiger partial charge < -0.3 is 4.74 Å². The predicted octanol–water partition coefficient (Wildman–Crippen LogP) is 3.03. The highest BCUT2D eigenvalue weighted by Gasteiger charge is 2.47. The van der Waals surface area contributed by atoms with E-state index in [9.17, 15) is 8.78 Å². The van der Waals surface area contributed by atoms with E-state index in [0.29, 0.717) is 5.16 Å². The highest BCUT2D eigenvalue weighted by atomic mass is 35.5. The molecule has 0 unspecified atom stereocenters. The zero-order valence-corrected chi connectivity index (χ0v) is 9.99. The van der Waals surface area contributed by atoms with Crippen LogP contribution in [0.3, 0.4) is 0 Å². The molecule has 0 amide bonds. The van der Waals surface area contributed by atoms with Gasteiger partial charge in [0.1, 0.15) is 11.3 Å². The van der Waals surface area contributed by atoms with E-state index in [1.54, 1.807) is 6.26 Å². The maximum Gasteiger partial charge on any atom is 0.255 e. The Kier molecular flexibility index (Phi) is 3.21. The second kappa shape index (κ2) is 4.33. The van der Waals surface area contributed by atoms with Crippen LogP contribution in [0.4, 0.5) is 8.78 Å². The van der Waals surface area contributed by atoms with Gasteiger partial charge in [-0.15, -0.1) is 0 Å². The molecular formula is C9H9ClF2N2OS. The zero-order chi connectivity index (χ0) is 11.8. The number of aromatic nitrogens is 2. The highest BCUT2D eigenvalue weighted by molar-refractivity contribution is 7.98. The molecule has 2 rings (SSSR count). The molecule has 0 spiro atoms. The van der Waals surface area contributed by atoms with Gasteiger partial charge in [0.25, 0.3) is 5.92 Å². The third kappa shape index (κ3) is 2.74. The average molecular weight is 267 g/mol. The Hall–Kier alpha value is -0.620. The summed E-state index contributed by atoms with van der Waals surface area (Å²) in [5, 5.41) is 0.717. The Morgan fingerprint density at radius 3 is 2.75 bits per heavy atom. The Morgan fingerprint density at radius 2 is 2.19 bits per heavy atom. The van der Waals surface area contributed by atoms with Gasteiger partial charge in [-0.1, -0.05) is 23.4 Å². The standard InChI is InChI=1S/C9H9ClF2N2OS/c1-16-8-13-6(10)2-7(14-8)15-5-3-9(11,12)4-5/h2,5H,3-4H2,1H3. The highest BCUT2D eigenvalue weighted by Crippen LogP contribution is 2.39. The fourth-order valence-electron chi connectivity index (χ4n) is 1.39. The van der Waals surface area contributed by atoms with Crippen LogP contribution < -0.4 is 4.74 Å². The third-order valence-electron chi connectivity index (χ3n) is 2.17. The molecule has 88 valence electrons. The molecule has 0 aromatic carbocycles. The van der Waals surface area contributed by atoms with Crippen molar-refractivity contribution in [2.75, 3.05) is 6.26 Å². The molecule has 7 heteroatoms. The van der Waals surface area contributed by atoms with Crippen molar-refractivity contribution in [2.45, 2.75) is 30.0 Å². The van der Waals surface area contributed by atoms with Crippen molar-refractivity contribution in [1.29, 1.82) is 0 Å². The lowest BCUT2D eigenvalue weighted by Gasteiger charge is -2.34. The van der Waals surface area contributed by atoms with Crippen LogP contribution >= 0.6 is 23.4 Å². The second-order valence-electron chi connectivity index (χ2n) is 3.52. The van der Waals surface area contributed by atoms with Crippen LogP contribution in [0.2, 0.25) is 5.15 Å². The zero-order valence-electron chi connectivity index (χ0n) is 8.41. The largest absolute Gasteiger partial charge is 0.474 e. The first-order valence-electron chi connectivity index (χ1n) is 4.61. The average Bonchev–Trinajstić information content (AvgIpc) is 2.14. The molecule has 1 aliphatic carbocycles. The molecule has 0 saturated heterocycles. The maximum atomic E-state index is 12.6. The van der Waals surface area contributed by atoms with Crippen molar-refractivity contribution in [3.05, 3.63) is 11.2 Å². The smallest absolute Gasteiger partial charge is 0.255 e. The van der Waals surface area contributed by atoms with Crippen molar-refractivity contribution in [3.8, 4) is 5.88 Å². The Bertz CT molecular complexity index is 397. The maximum absolute atomic E-state index is 12.6. The Morgan fingerprint density at radius 1 is 1.50 bits per heavy atom. The van der Waals surface area contributed by atoms with E-state index in [1.807, 2.05) is 0 Å². The molecule has 16 heavy (non-hydrogen) atoms. The van der Waals surface area contributed by atoms with Crippen LogP contribution in [0.5, 0.6) is 5.88 Å². The SMILES string of the molecule is CSc1nc(Cl)cc(OC2CC(F)(F)C2)n1. The molecule has 1 heterocycles. The summed E-state index contributed by atoms with van der Waals surface area (Å²) in [5.41, 5.74) is 0. The first-order chi connectivity index (χ1) is 7.48. The molecule has 1 aliphatic rings. The Labute approximate surface area is 101 Å². The van der Waals surface area contributed by atoms with Gasteiger partial charge in [0, 0.05) is 18.9 Å². The number of nitrogens with zero attached hydrogens (tertiary/aromatic N) is 2. The van der Waals surface area contributed by atoms with E-state index >= 15 is 0 Å². The molecule has 0 aliphatic heterocycles. The molecule has 1 saturated carbocycles. The van der Waals surface area contributed by atoms with Crippen molar-refractivity contribution in [3.63, 3.8) is 0 Å². The van der Waals surface area contributed by atoms with E-state index in [0.717, 1.165) is 0 Å². The lowest BCUT2D eigenvalue weighted by Crippen LogP contribution is -2.43. The van der Waals surface area contributed by atoms with Crippen LogP contribution in [0.1, 0.15) is 12.8 Å². The molecule has 0 atom stereocenters. The molecule has 0 radical (unpaired) electrons. The first-order valence-corrected chi connectivity index (χ1v) is 6.22. The quantitative estimate of drug-likeness (QED) is 0.479. The number of rotatable bonds is 3. The topological polar surface area (TPSA) is 35.0 Å². The normalized spacial score (nSPS) is 19.2. The number of halogens is 3. The monoisotopic (exact) mass is 266 g/mol. The van der Waals surface area contributed by atoms with Crippen LogP contribution in [-0.2, 0) is 0 Å².